The molecule has 1 unspecified atom stereocenters. The number of amides is 1. The molecule has 0 saturated heterocycles. The summed E-state index contributed by atoms with van der Waals surface area (Å²) in [6, 6.07) is 3.46. The Bertz CT molecular complexity index is 750. The van der Waals surface area contributed by atoms with E-state index in [-0.39, 0.29) is 6.54 Å². The molecule has 1 amide bonds. The fourth-order valence-corrected chi connectivity index (χ4v) is 2.22. The van der Waals surface area contributed by atoms with Crippen molar-refractivity contribution in [3.63, 3.8) is 0 Å². The number of furan rings is 1. The Morgan fingerprint density at radius 3 is 2.88 bits per heavy atom. The van der Waals surface area contributed by atoms with Gasteiger partial charge in [0.2, 0.25) is 0 Å². The number of nitrogens with one attached hydrogen (secondary N) is 1. The molecular formula is C16H18ClN3O4. The molecule has 0 fully saturated rings. The number of carbonyl (C=O) groups is 2. The predicted octanol–water partition coefficient (Wildman–Crippen LogP) is 2.24. The Hall–Kier alpha value is -2.54. The van der Waals surface area contributed by atoms with Crippen molar-refractivity contribution in [2.24, 2.45) is 7.05 Å². The second kappa shape index (κ2) is 7.83. The summed E-state index contributed by atoms with van der Waals surface area (Å²) in [7, 11) is 1.70. The Balaban J connectivity index is 1.86. The smallest absolute Gasteiger partial charge is 0.331 e. The van der Waals surface area contributed by atoms with Crippen molar-refractivity contribution in [2.75, 3.05) is 0 Å². The molecule has 24 heavy (non-hydrogen) atoms. The number of aryl methyl sites for hydroxylation is 2. The third-order valence-corrected chi connectivity index (χ3v) is 3.71. The molecule has 0 radical (unpaired) electrons. The highest BCUT2D eigenvalue weighted by atomic mass is 35.5. The number of hydrogen-bond acceptors (Lipinski definition) is 5. The lowest BCUT2D eigenvalue weighted by Gasteiger charge is -2.11. The summed E-state index contributed by atoms with van der Waals surface area (Å²) in [6.07, 6.45) is 3.32. The van der Waals surface area contributed by atoms with Crippen LogP contribution in [-0.4, -0.2) is 27.8 Å². The number of ether oxygens (including phenoxy) is 1. The molecule has 2 aromatic rings. The maximum atomic E-state index is 11.9. The molecule has 7 nitrogen and oxygen atoms in total. The van der Waals surface area contributed by atoms with Crippen molar-refractivity contribution in [3.8, 4) is 0 Å². The summed E-state index contributed by atoms with van der Waals surface area (Å²) in [4.78, 5) is 23.7. The quantitative estimate of drug-likeness (QED) is 0.637. The topological polar surface area (TPSA) is 86.4 Å². The van der Waals surface area contributed by atoms with Crippen LogP contribution in [0.2, 0.25) is 5.15 Å². The van der Waals surface area contributed by atoms with E-state index >= 15 is 0 Å². The van der Waals surface area contributed by atoms with Crippen LogP contribution < -0.4 is 5.32 Å². The minimum atomic E-state index is -0.928. The molecule has 0 aliphatic carbocycles. The van der Waals surface area contributed by atoms with Gasteiger partial charge in [-0.25, -0.2) is 4.79 Å². The fraction of sp³-hybridized carbons (Fsp3) is 0.312. The zero-order valence-electron chi connectivity index (χ0n) is 13.6. The largest absolute Gasteiger partial charge is 0.467 e. The standard InChI is InChI=1S/C16H18ClN3O4/c1-10-13(15(17)20(3)19-10)6-7-14(21)24-11(2)16(22)18-9-12-5-4-8-23-12/h4-8,11H,9H2,1-3H3,(H,18,22)/b7-6+. The summed E-state index contributed by atoms with van der Waals surface area (Å²) in [5, 5.41) is 7.17. The second-order valence-corrected chi connectivity index (χ2v) is 5.48. The van der Waals surface area contributed by atoms with E-state index in [1.54, 1.807) is 26.1 Å². The normalized spacial score (nSPS) is 12.3. The van der Waals surface area contributed by atoms with E-state index in [1.807, 2.05) is 0 Å². The molecule has 1 atom stereocenters. The molecule has 1 N–H and O–H groups in total. The van der Waals surface area contributed by atoms with E-state index in [0.29, 0.717) is 22.2 Å². The maximum absolute atomic E-state index is 11.9. The van der Waals surface area contributed by atoms with E-state index in [1.165, 1.54) is 30.0 Å². The summed E-state index contributed by atoms with van der Waals surface area (Å²) in [5.41, 5.74) is 1.32. The average Bonchev–Trinajstić information content (AvgIpc) is 3.12. The third-order valence-electron chi connectivity index (χ3n) is 3.26. The van der Waals surface area contributed by atoms with Crippen LogP contribution in [-0.2, 0) is 27.9 Å². The summed E-state index contributed by atoms with van der Waals surface area (Å²) in [5.74, 6) is -0.442. The molecule has 2 heterocycles. The lowest BCUT2D eigenvalue weighted by molar-refractivity contribution is -0.150. The first-order valence-electron chi connectivity index (χ1n) is 7.26. The van der Waals surface area contributed by atoms with Gasteiger partial charge in [-0.05, 0) is 32.1 Å². The van der Waals surface area contributed by atoms with E-state index < -0.39 is 18.0 Å². The Morgan fingerprint density at radius 1 is 1.54 bits per heavy atom. The molecular weight excluding hydrogens is 334 g/mol. The molecule has 0 saturated carbocycles. The summed E-state index contributed by atoms with van der Waals surface area (Å²) < 4.78 is 11.7. The van der Waals surface area contributed by atoms with E-state index in [2.05, 4.69) is 10.4 Å². The Kier molecular flexibility index (Phi) is 5.81. The molecule has 0 aliphatic heterocycles. The van der Waals surface area contributed by atoms with Crippen LogP contribution in [0.3, 0.4) is 0 Å². The van der Waals surface area contributed by atoms with Gasteiger partial charge in [-0.1, -0.05) is 11.6 Å². The number of aromatic nitrogens is 2. The molecule has 2 aromatic heterocycles. The molecule has 0 spiro atoms. The van der Waals surface area contributed by atoms with Crippen molar-refractivity contribution in [3.05, 3.63) is 46.6 Å². The first kappa shape index (κ1) is 17.8. The van der Waals surface area contributed by atoms with Crippen molar-refractivity contribution >= 4 is 29.6 Å². The fourth-order valence-electron chi connectivity index (χ4n) is 1.99. The monoisotopic (exact) mass is 351 g/mol. The van der Waals surface area contributed by atoms with Crippen LogP contribution in [0.5, 0.6) is 0 Å². The van der Waals surface area contributed by atoms with Gasteiger partial charge < -0.3 is 14.5 Å². The van der Waals surface area contributed by atoms with Crippen LogP contribution in [0.4, 0.5) is 0 Å². The van der Waals surface area contributed by atoms with Crippen molar-refractivity contribution < 1.29 is 18.7 Å². The lowest BCUT2D eigenvalue weighted by atomic mass is 10.2. The highest BCUT2D eigenvalue weighted by Gasteiger charge is 2.17. The first-order valence-corrected chi connectivity index (χ1v) is 7.64. The highest BCUT2D eigenvalue weighted by Crippen LogP contribution is 2.20. The first-order chi connectivity index (χ1) is 11.4. The molecule has 128 valence electrons. The molecule has 0 aromatic carbocycles. The van der Waals surface area contributed by atoms with Gasteiger partial charge in [0.25, 0.3) is 5.91 Å². The minimum absolute atomic E-state index is 0.230. The predicted molar refractivity (Wildman–Crippen MR) is 88.1 cm³/mol. The van der Waals surface area contributed by atoms with Gasteiger partial charge in [-0.15, -0.1) is 0 Å². The van der Waals surface area contributed by atoms with Crippen LogP contribution >= 0.6 is 11.6 Å². The summed E-state index contributed by atoms with van der Waals surface area (Å²) in [6.45, 7) is 3.50. The molecule has 0 aliphatic rings. The van der Waals surface area contributed by atoms with Gasteiger partial charge in [0.15, 0.2) is 6.10 Å². The van der Waals surface area contributed by atoms with Gasteiger partial charge in [0.05, 0.1) is 18.5 Å². The van der Waals surface area contributed by atoms with Crippen LogP contribution in [0, 0.1) is 6.92 Å². The third kappa shape index (κ3) is 4.48. The number of carbonyl (C=O) groups excluding carboxylic acids is 2. The van der Waals surface area contributed by atoms with Crippen molar-refractivity contribution in [1.29, 1.82) is 0 Å². The average molecular weight is 352 g/mol. The van der Waals surface area contributed by atoms with Gasteiger partial charge in [0.1, 0.15) is 10.9 Å². The Labute approximate surface area is 144 Å². The highest BCUT2D eigenvalue weighted by molar-refractivity contribution is 6.31. The number of esters is 1. The molecule has 2 rings (SSSR count). The van der Waals surface area contributed by atoms with Gasteiger partial charge in [-0.3, -0.25) is 9.48 Å². The van der Waals surface area contributed by atoms with Gasteiger partial charge in [0, 0.05) is 18.7 Å². The molecule has 8 heteroatoms. The number of hydrogen-bond donors (Lipinski definition) is 1. The number of nitrogens with zero attached hydrogens (tertiary/aromatic N) is 2. The molecule has 0 bridgehead atoms. The number of halogens is 1. The van der Waals surface area contributed by atoms with Crippen LogP contribution in [0.1, 0.15) is 23.9 Å². The van der Waals surface area contributed by atoms with Crippen LogP contribution in [0.25, 0.3) is 6.08 Å². The number of rotatable bonds is 6. The second-order valence-electron chi connectivity index (χ2n) is 5.12. The van der Waals surface area contributed by atoms with E-state index in [4.69, 9.17) is 20.8 Å². The zero-order chi connectivity index (χ0) is 17.7. The SMILES string of the molecule is Cc1nn(C)c(Cl)c1/C=C/C(=O)OC(C)C(=O)NCc1ccco1. The van der Waals surface area contributed by atoms with Crippen LogP contribution in [0.15, 0.2) is 28.9 Å². The van der Waals surface area contributed by atoms with E-state index in [9.17, 15) is 9.59 Å². The van der Waals surface area contributed by atoms with Gasteiger partial charge in [-0.2, -0.15) is 5.10 Å². The van der Waals surface area contributed by atoms with E-state index in [0.717, 1.165) is 0 Å². The zero-order valence-corrected chi connectivity index (χ0v) is 14.3. The minimum Gasteiger partial charge on any atom is -0.467 e. The lowest BCUT2D eigenvalue weighted by Crippen LogP contribution is -2.35. The maximum Gasteiger partial charge on any atom is 0.331 e. The van der Waals surface area contributed by atoms with Gasteiger partial charge >= 0.3 is 5.97 Å². The van der Waals surface area contributed by atoms with Crippen molar-refractivity contribution in [1.82, 2.24) is 15.1 Å². The summed E-state index contributed by atoms with van der Waals surface area (Å²) >= 11 is 6.07. The Morgan fingerprint density at radius 2 is 2.29 bits per heavy atom. The van der Waals surface area contributed by atoms with Crippen molar-refractivity contribution in [2.45, 2.75) is 26.5 Å².